The number of hydrogen-bond donors (Lipinski definition) is 0. The Bertz CT molecular complexity index is 269. The Balaban J connectivity index is 2.36. The van der Waals surface area contributed by atoms with Crippen LogP contribution in [0.1, 0.15) is 18.4 Å². The fourth-order valence-corrected chi connectivity index (χ4v) is 1.07. The zero-order valence-corrected chi connectivity index (χ0v) is 7.82. The highest BCUT2D eigenvalue weighted by molar-refractivity contribution is 5.49. The first-order valence-corrected chi connectivity index (χ1v) is 4.46. The number of carbonyl (C=O) groups excluding carboxylic acids is 1. The van der Waals surface area contributed by atoms with Gasteiger partial charge in [-0.2, -0.15) is 0 Å². The molecular formula is C11H14O2. The molecule has 0 spiro atoms. The Labute approximate surface area is 78.5 Å². The van der Waals surface area contributed by atoms with Crippen molar-refractivity contribution in [1.82, 2.24) is 0 Å². The van der Waals surface area contributed by atoms with Crippen molar-refractivity contribution in [2.24, 2.45) is 0 Å². The van der Waals surface area contributed by atoms with Crippen LogP contribution in [0.2, 0.25) is 0 Å². The lowest BCUT2D eigenvalue weighted by molar-refractivity contribution is -0.108. The van der Waals surface area contributed by atoms with E-state index < -0.39 is 0 Å². The highest BCUT2D eigenvalue weighted by Gasteiger charge is 1.96. The molecule has 0 saturated heterocycles. The molecule has 0 aliphatic rings. The molecule has 0 fully saturated rings. The minimum absolute atomic E-state index is 0.575. The molecule has 70 valence electrons. The van der Waals surface area contributed by atoms with Crippen LogP contribution in [0.15, 0.2) is 24.3 Å². The molecule has 1 aromatic carbocycles. The van der Waals surface area contributed by atoms with E-state index in [-0.39, 0.29) is 0 Å². The van der Waals surface area contributed by atoms with Gasteiger partial charge in [0.15, 0.2) is 0 Å². The molecule has 0 unspecified atom stereocenters. The van der Waals surface area contributed by atoms with Gasteiger partial charge in [0.2, 0.25) is 0 Å². The zero-order chi connectivity index (χ0) is 9.52. The van der Waals surface area contributed by atoms with Crippen molar-refractivity contribution in [3.63, 3.8) is 0 Å². The average Bonchev–Trinajstić information content (AvgIpc) is 2.15. The molecule has 0 radical (unpaired) electrons. The van der Waals surface area contributed by atoms with E-state index in [1.165, 1.54) is 0 Å². The van der Waals surface area contributed by atoms with Crippen molar-refractivity contribution in [1.29, 1.82) is 0 Å². The Morgan fingerprint density at radius 1 is 1.38 bits per heavy atom. The first-order valence-electron chi connectivity index (χ1n) is 4.46. The second kappa shape index (κ2) is 5.36. The third-order valence-electron chi connectivity index (χ3n) is 1.82. The molecule has 0 aliphatic heterocycles. The molecule has 2 nitrogen and oxygen atoms in total. The van der Waals surface area contributed by atoms with Crippen molar-refractivity contribution >= 4 is 6.29 Å². The van der Waals surface area contributed by atoms with Gasteiger partial charge in [0, 0.05) is 6.42 Å². The van der Waals surface area contributed by atoms with Crippen molar-refractivity contribution in [2.45, 2.75) is 19.8 Å². The van der Waals surface area contributed by atoms with E-state index in [1.54, 1.807) is 0 Å². The fourth-order valence-electron chi connectivity index (χ4n) is 1.07. The van der Waals surface area contributed by atoms with E-state index >= 15 is 0 Å². The molecule has 0 heterocycles. The average molecular weight is 178 g/mol. The largest absolute Gasteiger partial charge is 0.493 e. The van der Waals surface area contributed by atoms with Crippen LogP contribution in [0, 0.1) is 6.92 Å². The topological polar surface area (TPSA) is 26.3 Å². The van der Waals surface area contributed by atoms with Gasteiger partial charge in [-0.05, 0) is 25.0 Å². The molecule has 0 N–H and O–H groups in total. The minimum Gasteiger partial charge on any atom is -0.493 e. The monoisotopic (exact) mass is 178 g/mol. The zero-order valence-electron chi connectivity index (χ0n) is 7.82. The number of aryl methyl sites for hydroxylation is 1. The van der Waals surface area contributed by atoms with Crippen LogP contribution in [-0.4, -0.2) is 12.9 Å². The predicted octanol–water partition coefficient (Wildman–Crippen LogP) is 2.35. The number of rotatable bonds is 5. The Hall–Kier alpha value is -1.31. The summed E-state index contributed by atoms with van der Waals surface area (Å²) in [7, 11) is 0. The number of para-hydroxylation sites is 1. The third-order valence-corrected chi connectivity index (χ3v) is 1.82. The number of aldehydes is 1. The molecule has 13 heavy (non-hydrogen) atoms. The molecule has 0 atom stereocenters. The molecule has 0 aromatic heterocycles. The van der Waals surface area contributed by atoms with Crippen LogP contribution in [0.5, 0.6) is 5.75 Å². The van der Waals surface area contributed by atoms with E-state index in [4.69, 9.17) is 4.74 Å². The van der Waals surface area contributed by atoms with Crippen molar-refractivity contribution in [3.05, 3.63) is 29.8 Å². The Morgan fingerprint density at radius 2 is 2.15 bits per heavy atom. The number of ether oxygens (including phenoxy) is 1. The number of benzene rings is 1. The summed E-state index contributed by atoms with van der Waals surface area (Å²) in [6.45, 7) is 2.62. The highest BCUT2D eigenvalue weighted by atomic mass is 16.5. The van der Waals surface area contributed by atoms with Gasteiger partial charge in [0.25, 0.3) is 0 Å². The van der Waals surface area contributed by atoms with Gasteiger partial charge in [0.1, 0.15) is 12.0 Å². The number of carbonyl (C=O) groups is 1. The molecule has 1 aromatic rings. The van der Waals surface area contributed by atoms with Gasteiger partial charge >= 0.3 is 0 Å². The normalized spacial score (nSPS) is 9.62. The maximum absolute atomic E-state index is 10.0. The lowest BCUT2D eigenvalue weighted by Crippen LogP contribution is -1.98. The Kier molecular flexibility index (Phi) is 4.03. The summed E-state index contributed by atoms with van der Waals surface area (Å²) in [5.74, 6) is 0.911. The molecule has 0 bridgehead atoms. The number of hydrogen-bond acceptors (Lipinski definition) is 2. The van der Waals surface area contributed by atoms with Gasteiger partial charge in [-0.3, -0.25) is 0 Å². The first kappa shape index (κ1) is 9.78. The summed E-state index contributed by atoms with van der Waals surface area (Å²) < 4.78 is 5.48. The third kappa shape index (κ3) is 3.28. The minimum atomic E-state index is 0.575. The van der Waals surface area contributed by atoms with Gasteiger partial charge in [-0.1, -0.05) is 18.2 Å². The summed E-state index contributed by atoms with van der Waals surface area (Å²) in [6.07, 6.45) is 2.28. The summed E-state index contributed by atoms with van der Waals surface area (Å²) in [6, 6.07) is 7.88. The van der Waals surface area contributed by atoms with Crippen LogP contribution in [0.3, 0.4) is 0 Å². The standard InChI is InChI=1S/C11H14O2/c1-10-6-2-3-7-11(10)13-9-5-4-8-12/h2-3,6-8H,4-5,9H2,1H3. The van der Waals surface area contributed by atoms with Crippen molar-refractivity contribution < 1.29 is 9.53 Å². The molecule has 1 rings (SSSR count). The number of unbranched alkanes of at least 4 members (excludes halogenated alkanes) is 1. The SMILES string of the molecule is Cc1ccccc1OCCCC=O. The lowest BCUT2D eigenvalue weighted by atomic mass is 10.2. The lowest BCUT2D eigenvalue weighted by Gasteiger charge is -2.06. The van der Waals surface area contributed by atoms with Crippen LogP contribution in [0.25, 0.3) is 0 Å². The first-order chi connectivity index (χ1) is 6.34. The second-order valence-corrected chi connectivity index (χ2v) is 2.92. The van der Waals surface area contributed by atoms with Crippen LogP contribution in [-0.2, 0) is 4.79 Å². The summed E-state index contributed by atoms with van der Waals surface area (Å²) >= 11 is 0. The van der Waals surface area contributed by atoms with E-state index in [0.29, 0.717) is 13.0 Å². The van der Waals surface area contributed by atoms with Crippen LogP contribution >= 0.6 is 0 Å². The molecule has 0 aliphatic carbocycles. The van der Waals surface area contributed by atoms with E-state index in [2.05, 4.69) is 0 Å². The van der Waals surface area contributed by atoms with Gasteiger partial charge in [0.05, 0.1) is 6.61 Å². The molecular weight excluding hydrogens is 164 g/mol. The van der Waals surface area contributed by atoms with Crippen LogP contribution in [0.4, 0.5) is 0 Å². The van der Waals surface area contributed by atoms with E-state index in [1.807, 2.05) is 31.2 Å². The smallest absolute Gasteiger partial charge is 0.122 e. The van der Waals surface area contributed by atoms with Crippen molar-refractivity contribution in [2.75, 3.05) is 6.61 Å². The second-order valence-electron chi connectivity index (χ2n) is 2.92. The predicted molar refractivity (Wildman–Crippen MR) is 52.0 cm³/mol. The van der Waals surface area contributed by atoms with Gasteiger partial charge < -0.3 is 9.53 Å². The molecule has 2 heteroatoms. The summed E-state index contributed by atoms with van der Waals surface area (Å²) in [4.78, 5) is 10.0. The van der Waals surface area contributed by atoms with Gasteiger partial charge in [-0.15, -0.1) is 0 Å². The molecule has 0 amide bonds. The fraction of sp³-hybridized carbons (Fsp3) is 0.364. The van der Waals surface area contributed by atoms with Crippen LogP contribution < -0.4 is 4.74 Å². The quantitative estimate of drug-likeness (QED) is 0.511. The Morgan fingerprint density at radius 3 is 2.85 bits per heavy atom. The van der Waals surface area contributed by atoms with E-state index in [9.17, 15) is 4.79 Å². The highest BCUT2D eigenvalue weighted by Crippen LogP contribution is 2.16. The molecule has 0 saturated carbocycles. The maximum atomic E-state index is 10.0. The summed E-state index contributed by atoms with van der Waals surface area (Å²) in [5, 5.41) is 0. The maximum Gasteiger partial charge on any atom is 0.122 e. The van der Waals surface area contributed by atoms with E-state index in [0.717, 1.165) is 24.0 Å². The van der Waals surface area contributed by atoms with Crippen molar-refractivity contribution in [3.8, 4) is 5.75 Å². The van der Waals surface area contributed by atoms with Gasteiger partial charge in [-0.25, -0.2) is 0 Å². The summed E-state index contributed by atoms with van der Waals surface area (Å²) in [5.41, 5.74) is 1.13.